The number of nitrogens with zero attached hydrogens (tertiary/aromatic N) is 2. The van der Waals surface area contributed by atoms with E-state index in [1.807, 2.05) is 0 Å². The molecule has 3 aromatic rings. The first-order valence-electron chi connectivity index (χ1n) is 7.46. The first-order valence-corrected chi connectivity index (χ1v) is 7.46. The Labute approximate surface area is 148 Å². The molecule has 1 N–H and O–H groups in total. The number of hydrogen-bond donors (Lipinski definition) is 1. The Kier molecular flexibility index (Phi) is 4.54. The van der Waals surface area contributed by atoms with Gasteiger partial charge in [-0.3, -0.25) is 4.99 Å². The van der Waals surface area contributed by atoms with Crippen LogP contribution in [0.3, 0.4) is 0 Å². The van der Waals surface area contributed by atoms with Gasteiger partial charge in [-0.1, -0.05) is 18.2 Å². The fourth-order valence-corrected chi connectivity index (χ4v) is 2.37. The molecule has 0 amide bonds. The van der Waals surface area contributed by atoms with Gasteiger partial charge in [0.15, 0.2) is 0 Å². The zero-order valence-corrected chi connectivity index (χ0v) is 13.3. The molecule has 0 radical (unpaired) electrons. The van der Waals surface area contributed by atoms with Gasteiger partial charge in [-0.15, -0.1) is 0 Å². The molecule has 0 aliphatic heterocycles. The topological polar surface area (TPSA) is 45.5 Å². The number of fused-ring (bicyclic) bond motifs is 1. The van der Waals surface area contributed by atoms with Gasteiger partial charge in [-0.2, -0.15) is 26.3 Å². The number of pyridine rings is 1. The minimum atomic E-state index is -4.95. The zero-order valence-electron chi connectivity index (χ0n) is 13.3. The second kappa shape index (κ2) is 6.57. The summed E-state index contributed by atoms with van der Waals surface area (Å²) in [7, 11) is 0. The molecule has 0 aliphatic rings. The van der Waals surface area contributed by atoms with Crippen molar-refractivity contribution in [2.45, 2.75) is 12.4 Å². The summed E-state index contributed by atoms with van der Waals surface area (Å²) in [5.41, 5.74) is -3.02. The molecule has 1 aromatic heterocycles. The number of aliphatic imine (C=N–C) groups is 1. The summed E-state index contributed by atoms with van der Waals surface area (Å²) >= 11 is 0. The van der Waals surface area contributed by atoms with Crippen molar-refractivity contribution in [3.05, 3.63) is 65.4 Å². The summed E-state index contributed by atoms with van der Waals surface area (Å²) in [5.74, 6) is -0.110. The van der Waals surface area contributed by atoms with Crippen LogP contribution in [0.25, 0.3) is 10.9 Å². The minimum Gasteiger partial charge on any atom is -0.506 e. The van der Waals surface area contributed by atoms with E-state index in [0.717, 1.165) is 6.21 Å². The standard InChI is InChI=1S/C18H10F6N2O/c19-17(20,21)11-6-12(18(22,23)24)8-14(7-11)25-9-13-5-4-10-2-1-3-15(27)16(10)26-13/h1-9,27H/b25-9+. The van der Waals surface area contributed by atoms with Crippen molar-refractivity contribution in [2.75, 3.05) is 0 Å². The van der Waals surface area contributed by atoms with Gasteiger partial charge in [0.2, 0.25) is 0 Å². The largest absolute Gasteiger partial charge is 0.506 e. The van der Waals surface area contributed by atoms with Crippen LogP contribution in [0.15, 0.2) is 53.5 Å². The summed E-state index contributed by atoms with van der Waals surface area (Å²) in [6.45, 7) is 0. The minimum absolute atomic E-state index is 0.0331. The lowest BCUT2D eigenvalue weighted by molar-refractivity contribution is -0.143. The molecule has 3 nitrogen and oxygen atoms in total. The Morgan fingerprint density at radius 1 is 0.852 bits per heavy atom. The molecule has 0 fully saturated rings. The molecule has 0 saturated carbocycles. The van der Waals surface area contributed by atoms with Gasteiger partial charge in [0.1, 0.15) is 11.3 Å². The lowest BCUT2D eigenvalue weighted by Crippen LogP contribution is -2.10. The second-order valence-electron chi connectivity index (χ2n) is 5.61. The number of rotatable bonds is 2. The summed E-state index contributed by atoms with van der Waals surface area (Å²) < 4.78 is 77.2. The Bertz CT molecular complexity index is 992. The van der Waals surface area contributed by atoms with Crippen molar-refractivity contribution < 1.29 is 31.4 Å². The van der Waals surface area contributed by atoms with Gasteiger partial charge < -0.3 is 5.11 Å². The molecule has 140 valence electrons. The Morgan fingerprint density at radius 3 is 2.07 bits per heavy atom. The average Bonchev–Trinajstić information content (AvgIpc) is 2.59. The quantitative estimate of drug-likeness (QED) is 0.453. The van der Waals surface area contributed by atoms with E-state index in [4.69, 9.17) is 0 Å². The second-order valence-corrected chi connectivity index (χ2v) is 5.61. The Morgan fingerprint density at radius 2 is 1.48 bits per heavy atom. The van der Waals surface area contributed by atoms with E-state index in [9.17, 15) is 31.4 Å². The number of alkyl halides is 6. The molecule has 27 heavy (non-hydrogen) atoms. The molecule has 2 aromatic carbocycles. The van der Waals surface area contributed by atoms with Crippen molar-refractivity contribution in [3.8, 4) is 5.75 Å². The van der Waals surface area contributed by atoms with Crippen molar-refractivity contribution in [1.29, 1.82) is 0 Å². The lowest BCUT2D eigenvalue weighted by Gasteiger charge is -2.12. The molecule has 0 unspecified atom stereocenters. The maximum Gasteiger partial charge on any atom is 0.416 e. The van der Waals surface area contributed by atoms with Crippen LogP contribution in [-0.4, -0.2) is 16.3 Å². The van der Waals surface area contributed by atoms with Crippen LogP contribution >= 0.6 is 0 Å². The van der Waals surface area contributed by atoms with Crippen molar-refractivity contribution in [3.63, 3.8) is 0 Å². The number of aromatic hydroxyl groups is 1. The molecule has 0 bridgehead atoms. The molecular weight excluding hydrogens is 374 g/mol. The maximum absolute atomic E-state index is 12.9. The summed E-state index contributed by atoms with van der Waals surface area (Å²) in [4.78, 5) is 7.78. The highest BCUT2D eigenvalue weighted by Crippen LogP contribution is 2.38. The molecule has 0 aliphatic carbocycles. The number of phenolic OH excluding ortho intramolecular Hbond substituents is 1. The molecule has 0 saturated heterocycles. The number of aromatic nitrogens is 1. The Hall–Kier alpha value is -3.10. The zero-order chi connectivity index (χ0) is 19.8. The first kappa shape index (κ1) is 18.7. The monoisotopic (exact) mass is 384 g/mol. The smallest absolute Gasteiger partial charge is 0.416 e. The summed E-state index contributed by atoms with van der Waals surface area (Å²) in [6, 6.07) is 8.83. The fourth-order valence-electron chi connectivity index (χ4n) is 2.37. The van der Waals surface area contributed by atoms with E-state index >= 15 is 0 Å². The third kappa shape index (κ3) is 4.18. The maximum atomic E-state index is 12.9. The van der Waals surface area contributed by atoms with Gasteiger partial charge in [0.25, 0.3) is 0 Å². The van der Waals surface area contributed by atoms with Crippen molar-refractivity contribution >= 4 is 22.8 Å². The number of para-hydroxylation sites is 1. The van der Waals surface area contributed by atoms with Gasteiger partial charge in [0.05, 0.1) is 28.7 Å². The average molecular weight is 384 g/mol. The predicted octanol–water partition coefficient (Wildman–Crippen LogP) is 5.73. The van der Waals surface area contributed by atoms with Crippen LogP contribution < -0.4 is 0 Å². The molecule has 3 rings (SSSR count). The molecule has 0 spiro atoms. The van der Waals surface area contributed by atoms with E-state index in [-0.39, 0.29) is 23.0 Å². The Balaban J connectivity index is 2.03. The van der Waals surface area contributed by atoms with E-state index < -0.39 is 29.2 Å². The van der Waals surface area contributed by atoms with Crippen LogP contribution in [0.1, 0.15) is 16.8 Å². The molecule has 1 heterocycles. The van der Waals surface area contributed by atoms with E-state index in [1.165, 1.54) is 12.1 Å². The highest BCUT2D eigenvalue weighted by molar-refractivity contribution is 5.89. The molecular formula is C18H10F6N2O. The number of halogens is 6. The van der Waals surface area contributed by atoms with Crippen LogP contribution in [0.4, 0.5) is 32.0 Å². The van der Waals surface area contributed by atoms with Crippen molar-refractivity contribution in [1.82, 2.24) is 4.98 Å². The van der Waals surface area contributed by atoms with Gasteiger partial charge in [-0.05, 0) is 30.3 Å². The van der Waals surface area contributed by atoms with E-state index in [2.05, 4.69) is 9.98 Å². The highest BCUT2D eigenvalue weighted by Gasteiger charge is 2.36. The van der Waals surface area contributed by atoms with Crippen molar-refractivity contribution in [2.24, 2.45) is 4.99 Å². The summed E-state index contributed by atoms with van der Waals surface area (Å²) in [5, 5.41) is 10.4. The molecule has 9 heteroatoms. The third-order valence-corrected chi connectivity index (χ3v) is 3.64. The third-order valence-electron chi connectivity index (χ3n) is 3.64. The van der Waals surface area contributed by atoms with Crippen LogP contribution in [-0.2, 0) is 12.4 Å². The number of phenols is 1. The van der Waals surface area contributed by atoms with Gasteiger partial charge in [0, 0.05) is 5.39 Å². The number of hydrogen-bond acceptors (Lipinski definition) is 3. The van der Waals surface area contributed by atoms with E-state index in [1.54, 1.807) is 18.2 Å². The van der Waals surface area contributed by atoms with E-state index in [0.29, 0.717) is 17.5 Å². The van der Waals surface area contributed by atoms with Crippen LogP contribution in [0.5, 0.6) is 5.75 Å². The number of benzene rings is 2. The molecule has 0 atom stereocenters. The van der Waals surface area contributed by atoms with Crippen LogP contribution in [0, 0.1) is 0 Å². The SMILES string of the molecule is Oc1cccc2ccc(/C=N/c3cc(C(F)(F)F)cc(C(F)(F)F)c3)nc12. The van der Waals surface area contributed by atoms with Gasteiger partial charge >= 0.3 is 12.4 Å². The summed E-state index contributed by atoms with van der Waals surface area (Å²) in [6.07, 6.45) is -8.86. The fraction of sp³-hybridized carbons (Fsp3) is 0.111. The lowest BCUT2D eigenvalue weighted by atomic mass is 10.1. The van der Waals surface area contributed by atoms with Gasteiger partial charge in [-0.25, -0.2) is 4.98 Å². The van der Waals surface area contributed by atoms with Crippen LogP contribution in [0.2, 0.25) is 0 Å². The highest BCUT2D eigenvalue weighted by atomic mass is 19.4. The first-order chi connectivity index (χ1) is 12.5. The predicted molar refractivity (Wildman–Crippen MR) is 87.1 cm³/mol. The normalized spacial score (nSPS) is 12.8.